The number of carbonyl (C=O) groups excluding carboxylic acids is 2. The van der Waals surface area contributed by atoms with Crippen LogP contribution in [0.1, 0.15) is 36.6 Å². The number of benzene rings is 2. The second-order valence-electron chi connectivity index (χ2n) is 8.71. The number of ketones is 1. The molecule has 0 aliphatic carbocycles. The predicted molar refractivity (Wildman–Crippen MR) is 143 cm³/mol. The summed E-state index contributed by atoms with van der Waals surface area (Å²) in [6.07, 6.45) is 1.63. The SMILES string of the molecule is C=CCOc1ccc(C2C(=C(O)c3ccc(OC)cc3C)C(=O)C(=O)N2CCN(CC)CC)cc1OC. The summed E-state index contributed by atoms with van der Waals surface area (Å²) in [6.45, 7) is 12.4. The first-order chi connectivity index (χ1) is 17.8. The molecule has 1 saturated heterocycles. The molecule has 3 rings (SSSR count). The van der Waals surface area contributed by atoms with Gasteiger partial charge in [-0.05, 0) is 61.5 Å². The summed E-state index contributed by atoms with van der Waals surface area (Å²) in [4.78, 5) is 30.4. The lowest BCUT2D eigenvalue weighted by atomic mass is 9.93. The molecular formula is C29H36N2O6. The van der Waals surface area contributed by atoms with Crippen LogP contribution in [0.4, 0.5) is 0 Å². The standard InChI is InChI=1S/C29H36N2O6/c1-7-16-37-23-13-10-20(18-24(23)36-6)26-25(27(32)22-12-11-21(35-5)17-19(22)4)28(33)29(34)31(26)15-14-30(8-2)9-3/h7,10-13,17-18,26,32H,1,8-9,14-16H2,2-6H3. The number of aliphatic hydroxyl groups excluding tert-OH is 1. The Kier molecular flexibility index (Phi) is 9.36. The highest BCUT2D eigenvalue weighted by Crippen LogP contribution is 2.42. The van der Waals surface area contributed by atoms with Crippen molar-refractivity contribution in [1.29, 1.82) is 0 Å². The Labute approximate surface area is 218 Å². The number of aliphatic hydroxyl groups is 1. The molecule has 2 aromatic rings. The van der Waals surface area contributed by atoms with Gasteiger partial charge in [-0.25, -0.2) is 0 Å². The van der Waals surface area contributed by atoms with Gasteiger partial charge in [0.1, 0.15) is 18.1 Å². The molecule has 198 valence electrons. The summed E-state index contributed by atoms with van der Waals surface area (Å²) in [5, 5.41) is 11.4. The van der Waals surface area contributed by atoms with E-state index in [1.807, 2.05) is 20.8 Å². The first-order valence-electron chi connectivity index (χ1n) is 12.4. The largest absolute Gasteiger partial charge is 0.507 e. The molecule has 1 atom stereocenters. The monoisotopic (exact) mass is 508 g/mol. The van der Waals surface area contributed by atoms with E-state index in [9.17, 15) is 14.7 Å². The molecule has 0 aromatic heterocycles. The maximum Gasteiger partial charge on any atom is 0.295 e. The van der Waals surface area contributed by atoms with Crippen molar-refractivity contribution < 1.29 is 28.9 Å². The van der Waals surface area contributed by atoms with Gasteiger partial charge in [-0.2, -0.15) is 0 Å². The van der Waals surface area contributed by atoms with Crippen molar-refractivity contribution >= 4 is 17.4 Å². The molecule has 1 fully saturated rings. The molecule has 1 unspecified atom stereocenters. The molecular weight excluding hydrogens is 472 g/mol. The van der Waals surface area contributed by atoms with Crippen LogP contribution in [0.3, 0.4) is 0 Å². The molecule has 8 heteroatoms. The molecule has 1 heterocycles. The van der Waals surface area contributed by atoms with Crippen molar-refractivity contribution in [3.05, 3.63) is 71.3 Å². The van der Waals surface area contributed by atoms with Crippen molar-refractivity contribution in [2.45, 2.75) is 26.8 Å². The summed E-state index contributed by atoms with van der Waals surface area (Å²) in [7, 11) is 3.09. The van der Waals surface area contributed by atoms with Crippen molar-refractivity contribution in [1.82, 2.24) is 9.80 Å². The van der Waals surface area contributed by atoms with E-state index in [0.29, 0.717) is 48.1 Å². The van der Waals surface area contributed by atoms with Gasteiger partial charge in [0.2, 0.25) is 0 Å². The molecule has 37 heavy (non-hydrogen) atoms. The number of carbonyl (C=O) groups is 2. The average Bonchev–Trinajstić information content (AvgIpc) is 3.16. The van der Waals surface area contributed by atoms with Gasteiger partial charge in [0.25, 0.3) is 11.7 Å². The Morgan fingerprint density at radius 1 is 1.08 bits per heavy atom. The number of aryl methyl sites for hydroxylation is 1. The molecule has 1 N–H and O–H groups in total. The van der Waals surface area contributed by atoms with Crippen LogP contribution in [0.2, 0.25) is 0 Å². The normalized spacial score (nSPS) is 16.8. The predicted octanol–water partition coefficient (Wildman–Crippen LogP) is 4.34. The number of ether oxygens (including phenoxy) is 3. The number of amides is 1. The van der Waals surface area contributed by atoms with E-state index in [1.54, 1.807) is 49.6 Å². The molecule has 2 aromatic carbocycles. The zero-order chi connectivity index (χ0) is 27.1. The number of likely N-dealkylation sites (N-methyl/N-ethyl adjacent to an activating group) is 1. The lowest BCUT2D eigenvalue weighted by Gasteiger charge is -2.28. The second kappa shape index (κ2) is 12.5. The molecule has 0 spiro atoms. The molecule has 1 aliphatic rings. The van der Waals surface area contributed by atoms with E-state index >= 15 is 0 Å². The van der Waals surface area contributed by atoms with Gasteiger partial charge in [0.05, 0.1) is 25.8 Å². The van der Waals surface area contributed by atoms with Crippen LogP contribution in [0.15, 0.2) is 54.6 Å². The number of methoxy groups -OCH3 is 2. The fraction of sp³-hybridized carbons (Fsp3) is 0.379. The third-order valence-electron chi connectivity index (χ3n) is 6.64. The molecule has 8 nitrogen and oxygen atoms in total. The number of hydrogen-bond donors (Lipinski definition) is 1. The van der Waals surface area contributed by atoms with Crippen LogP contribution in [0.5, 0.6) is 17.2 Å². The van der Waals surface area contributed by atoms with Crippen LogP contribution < -0.4 is 14.2 Å². The zero-order valence-corrected chi connectivity index (χ0v) is 22.2. The number of nitrogens with zero attached hydrogens (tertiary/aromatic N) is 2. The highest BCUT2D eigenvalue weighted by atomic mass is 16.5. The summed E-state index contributed by atoms with van der Waals surface area (Å²) in [5.74, 6) is 0.00973. The van der Waals surface area contributed by atoms with Gasteiger partial charge in [-0.3, -0.25) is 9.59 Å². The molecule has 1 amide bonds. The highest BCUT2D eigenvalue weighted by Gasteiger charge is 2.46. The lowest BCUT2D eigenvalue weighted by molar-refractivity contribution is -0.140. The third-order valence-corrected chi connectivity index (χ3v) is 6.64. The van der Waals surface area contributed by atoms with Crippen LogP contribution in [-0.2, 0) is 9.59 Å². The van der Waals surface area contributed by atoms with E-state index in [-0.39, 0.29) is 11.3 Å². The Bertz CT molecular complexity index is 1180. The Hall–Kier alpha value is -3.78. The Balaban J connectivity index is 2.16. The first kappa shape index (κ1) is 27.8. The fourth-order valence-corrected chi connectivity index (χ4v) is 4.54. The topological polar surface area (TPSA) is 88.5 Å². The van der Waals surface area contributed by atoms with Gasteiger partial charge < -0.3 is 29.1 Å². The lowest BCUT2D eigenvalue weighted by Crippen LogP contribution is -2.38. The maximum absolute atomic E-state index is 13.4. The van der Waals surface area contributed by atoms with Crippen molar-refractivity contribution in [3.63, 3.8) is 0 Å². The van der Waals surface area contributed by atoms with Crippen molar-refractivity contribution in [3.8, 4) is 17.2 Å². The molecule has 0 saturated carbocycles. The molecule has 1 aliphatic heterocycles. The average molecular weight is 509 g/mol. The number of Topliss-reactive ketones (excluding diaryl/α,β-unsaturated/α-hetero) is 1. The molecule has 0 radical (unpaired) electrons. The zero-order valence-electron chi connectivity index (χ0n) is 22.2. The summed E-state index contributed by atoms with van der Waals surface area (Å²) in [5.41, 5.74) is 1.86. The van der Waals surface area contributed by atoms with Gasteiger partial charge in [0, 0.05) is 18.7 Å². The summed E-state index contributed by atoms with van der Waals surface area (Å²) >= 11 is 0. The van der Waals surface area contributed by atoms with Gasteiger partial charge in [0.15, 0.2) is 11.5 Å². The van der Waals surface area contributed by atoms with Crippen LogP contribution in [0.25, 0.3) is 5.76 Å². The van der Waals surface area contributed by atoms with Crippen LogP contribution in [0, 0.1) is 6.92 Å². The molecule has 0 bridgehead atoms. The first-order valence-corrected chi connectivity index (χ1v) is 12.4. The van der Waals surface area contributed by atoms with E-state index < -0.39 is 17.7 Å². The Morgan fingerprint density at radius 3 is 2.41 bits per heavy atom. The maximum atomic E-state index is 13.4. The van der Waals surface area contributed by atoms with Crippen molar-refractivity contribution in [2.75, 3.05) is 47.0 Å². The van der Waals surface area contributed by atoms with Gasteiger partial charge >= 0.3 is 0 Å². The fourth-order valence-electron chi connectivity index (χ4n) is 4.54. The summed E-state index contributed by atoms with van der Waals surface area (Å²) in [6, 6.07) is 9.65. The minimum absolute atomic E-state index is 0.0413. The van der Waals surface area contributed by atoms with E-state index in [1.165, 1.54) is 12.0 Å². The second-order valence-corrected chi connectivity index (χ2v) is 8.71. The number of likely N-dealkylation sites (tertiary alicyclic amines) is 1. The quantitative estimate of drug-likeness (QED) is 0.197. The Morgan fingerprint density at radius 2 is 1.81 bits per heavy atom. The van der Waals surface area contributed by atoms with Crippen LogP contribution >= 0.6 is 0 Å². The van der Waals surface area contributed by atoms with Crippen molar-refractivity contribution in [2.24, 2.45) is 0 Å². The van der Waals surface area contributed by atoms with E-state index in [0.717, 1.165) is 18.7 Å². The third kappa shape index (κ3) is 5.80. The number of hydrogen-bond acceptors (Lipinski definition) is 7. The highest BCUT2D eigenvalue weighted by molar-refractivity contribution is 6.46. The number of rotatable bonds is 12. The summed E-state index contributed by atoms with van der Waals surface area (Å²) < 4.78 is 16.5. The smallest absolute Gasteiger partial charge is 0.295 e. The minimum Gasteiger partial charge on any atom is -0.507 e. The van der Waals surface area contributed by atoms with E-state index in [4.69, 9.17) is 14.2 Å². The van der Waals surface area contributed by atoms with Gasteiger partial charge in [-0.1, -0.05) is 32.6 Å². The van der Waals surface area contributed by atoms with E-state index in [2.05, 4.69) is 11.5 Å². The van der Waals surface area contributed by atoms with Gasteiger partial charge in [-0.15, -0.1) is 0 Å². The van der Waals surface area contributed by atoms with Crippen LogP contribution in [-0.4, -0.2) is 73.6 Å². The minimum atomic E-state index is -0.792.